The Bertz CT molecular complexity index is 1110. The number of ether oxygens (including phenoxy) is 1. The summed E-state index contributed by atoms with van der Waals surface area (Å²) < 4.78 is 7.56. The van der Waals surface area contributed by atoms with Crippen LogP contribution in [0.1, 0.15) is 21.6 Å². The highest BCUT2D eigenvalue weighted by Crippen LogP contribution is 2.19. The van der Waals surface area contributed by atoms with Gasteiger partial charge < -0.3 is 19.3 Å². The highest BCUT2D eigenvalue weighted by Gasteiger charge is 2.23. The Morgan fingerprint density at radius 2 is 1.82 bits per heavy atom. The molecule has 1 fully saturated rings. The van der Waals surface area contributed by atoms with Crippen LogP contribution in [-0.2, 0) is 20.0 Å². The SMILES string of the molecule is Cn1ccnc1SCCc1ccc(OC(=O)N2CCN(Cc3ccc(C(=O)O)cn3)CC2)cc1. The van der Waals surface area contributed by atoms with E-state index in [0.717, 1.165) is 23.0 Å². The van der Waals surface area contributed by atoms with E-state index in [1.807, 2.05) is 42.1 Å². The van der Waals surface area contributed by atoms with Gasteiger partial charge in [0.1, 0.15) is 5.75 Å². The van der Waals surface area contributed by atoms with Gasteiger partial charge in [0.05, 0.1) is 11.3 Å². The minimum absolute atomic E-state index is 0.174. The second kappa shape index (κ2) is 11.2. The summed E-state index contributed by atoms with van der Waals surface area (Å²) in [5.74, 6) is 0.476. The maximum Gasteiger partial charge on any atom is 0.415 e. The fourth-order valence-electron chi connectivity index (χ4n) is 3.60. The molecule has 10 heteroatoms. The van der Waals surface area contributed by atoms with Gasteiger partial charge in [0.2, 0.25) is 0 Å². The van der Waals surface area contributed by atoms with E-state index in [1.54, 1.807) is 35.0 Å². The molecule has 0 atom stereocenters. The summed E-state index contributed by atoms with van der Waals surface area (Å²) in [6, 6.07) is 10.9. The van der Waals surface area contributed by atoms with Crippen molar-refractivity contribution < 1.29 is 19.4 Å². The molecule has 1 N–H and O–H groups in total. The van der Waals surface area contributed by atoms with Crippen molar-refractivity contribution in [2.24, 2.45) is 7.05 Å². The quantitative estimate of drug-likeness (QED) is 0.490. The molecule has 0 bridgehead atoms. The number of benzene rings is 1. The lowest BCUT2D eigenvalue weighted by Gasteiger charge is -2.33. The van der Waals surface area contributed by atoms with E-state index in [0.29, 0.717) is 38.5 Å². The second-order valence-electron chi connectivity index (χ2n) is 8.04. The normalized spacial score (nSPS) is 14.2. The molecule has 1 aromatic carbocycles. The number of aryl methyl sites for hydroxylation is 2. The van der Waals surface area contributed by atoms with Crippen molar-refractivity contribution in [3.05, 3.63) is 71.8 Å². The minimum Gasteiger partial charge on any atom is -0.478 e. The average molecular weight is 482 g/mol. The molecule has 0 saturated carbocycles. The molecule has 34 heavy (non-hydrogen) atoms. The maximum absolute atomic E-state index is 12.6. The highest BCUT2D eigenvalue weighted by atomic mass is 32.2. The van der Waals surface area contributed by atoms with Crippen molar-refractivity contribution >= 4 is 23.8 Å². The third-order valence-electron chi connectivity index (χ3n) is 5.62. The van der Waals surface area contributed by atoms with Crippen LogP contribution in [-0.4, -0.2) is 73.4 Å². The second-order valence-corrected chi connectivity index (χ2v) is 9.10. The van der Waals surface area contributed by atoms with Crippen molar-refractivity contribution in [2.45, 2.75) is 18.1 Å². The predicted molar refractivity (Wildman–Crippen MR) is 128 cm³/mol. The Labute approximate surface area is 202 Å². The van der Waals surface area contributed by atoms with Crippen molar-refractivity contribution in [2.75, 3.05) is 31.9 Å². The number of carbonyl (C=O) groups excluding carboxylic acids is 1. The third kappa shape index (κ3) is 6.36. The number of thioether (sulfide) groups is 1. The van der Waals surface area contributed by atoms with E-state index in [1.165, 1.54) is 11.8 Å². The van der Waals surface area contributed by atoms with Crippen LogP contribution in [0.5, 0.6) is 5.75 Å². The van der Waals surface area contributed by atoms with Crippen LogP contribution in [0.25, 0.3) is 0 Å². The molecule has 0 spiro atoms. The molecule has 1 aliphatic rings. The van der Waals surface area contributed by atoms with E-state index in [9.17, 15) is 9.59 Å². The predicted octanol–water partition coefficient (Wildman–Crippen LogP) is 3.16. The molecule has 1 aliphatic heterocycles. The third-order valence-corrected chi connectivity index (χ3v) is 6.68. The molecule has 1 saturated heterocycles. The van der Waals surface area contributed by atoms with Crippen molar-refractivity contribution in [3.8, 4) is 5.75 Å². The molecule has 0 unspecified atom stereocenters. The van der Waals surface area contributed by atoms with Gasteiger partial charge in [-0.3, -0.25) is 9.88 Å². The first-order valence-electron chi connectivity index (χ1n) is 11.0. The zero-order valence-electron chi connectivity index (χ0n) is 19.0. The van der Waals surface area contributed by atoms with Crippen LogP contribution in [0.2, 0.25) is 0 Å². The van der Waals surface area contributed by atoms with E-state index in [2.05, 4.69) is 14.9 Å². The maximum atomic E-state index is 12.6. The molecular formula is C24H27N5O4S. The lowest BCUT2D eigenvalue weighted by atomic mass is 10.2. The topological polar surface area (TPSA) is 101 Å². The van der Waals surface area contributed by atoms with Crippen molar-refractivity contribution in [1.82, 2.24) is 24.3 Å². The first kappa shape index (κ1) is 23.8. The number of hydrogen-bond acceptors (Lipinski definition) is 7. The number of aromatic nitrogens is 3. The number of carboxylic acids is 1. The fraction of sp³-hybridized carbons (Fsp3) is 0.333. The largest absolute Gasteiger partial charge is 0.478 e. The molecule has 1 amide bonds. The summed E-state index contributed by atoms with van der Waals surface area (Å²) >= 11 is 1.71. The zero-order valence-corrected chi connectivity index (χ0v) is 19.8. The molecule has 4 rings (SSSR count). The van der Waals surface area contributed by atoms with Crippen LogP contribution in [0, 0.1) is 0 Å². The molecule has 9 nitrogen and oxygen atoms in total. The molecule has 3 aromatic rings. The van der Waals surface area contributed by atoms with Gasteiger partial charge in [-0.05, 0) is 36.2 Å². The Hall–Kier alpha value is -3.37. The van der Waals surface area contributed by atoms with Gasteiger partial charge >= 0.3 is 12.1 Å². The van der Waals surface area contributed by atoms with E-state index < -0.39 is 5.97 Å². The van der Waals surface area contributed by atoms with E-state index >= 15 is 0 Å². The van der Waals surface area contributed by atoms with Gasteiger partial charge in [-0.2, -0.15) is 0 Å². The molecule has 0 radical (unpaired) electrons. The first-order valence-corrected chi connectivity index (χ1v) is 12.0. The Kier molecular flexibility index (Phi) is 7.81. The molecule has 0 aliphatic carbocycles. The monoisotopic (exact) mass is 481 g/mol. The zero-order chi connectivity index (χ0) is 23.9. The molecule has 178 valence electrons. The summed E-state index contributed by atoms with van der Waals surface area (Å²) in [5.41, 5.74) is 2.16. The van der Waals surface area contributed by atoms with Crippen LogP contribution >= 0.6 is 11.8 Å². The van der Waals surface area contributed by atoms with Gasteiger partial charge in [-0.1, -0.05) is 23.9 Å². The Morgan fingerprint density at radius 1 is 1.06 bits per heavy atom. The Morgan fingerprint density at radius 3 is 2.44 bits per heavy atom. The number of carbonyl (C=O) groups is 2. The number of amides is 1. The van der Waals surface area contributed by atoms with Gasteiger partial charge in [0.25, 0.3) is 0 Å². The van der Waals surface area contributed by atoms with E-state index in [-0.39, 0.29) is 11.7 Å². The van der Waals surface area contributed by atoms with E-state index in [4.69, 9.17) is 9.84 Å². The van der Waals surface area contributed by atoms with Crippen molar-refractivity contribution in [3.63, 3.8) is 0 Å². The summed E-state index contributed by atoms with van der Waals surface area (Å²) in [4.78, 5) is 35.9. The standard InChI is InChI=1S/C24H27N5O4S/c1-27-10-9-25-23(27)34-15-8-18-2-6-21(7-3-18)33-24(32)29-13-11-28(12-14-29)17-20-5-4-19(16-26-20)22(30)31/h2-7,9-10,16H,8,11-15,17H2,1H3,(H,30,31). The number of hydrogen-bond donors (Lipinski definition) is 1. The number of imidazole rings is 1. The number of rotatable bonds is 8. The minimum atomic E-state index is -0.986. The number of nitrogens with zero attached hydrogens (tertiary/aromatic N) is 5. The number of pyridine rings is 1. The van der Waals surface area contributed by atoms with Gasteiger partial charge in [0.15, 0.2) is 5.16 Å². The summed E-state index contributed by atoms with van der Waals surface area (Å²) in [7, 11) is 1.98. The fourth-order valence-corrected chi connectivity index (χ4v) is 4.52. The smallest absolute Gasteiger partial charge is 0.415 e. The van der Waals surface area contributed by atoms with Gasteiger partial charge in [-0.15, -0.1) is 0 Å². The number of piperazine rings is 1. The lowest BCUT2D eigenvalue weighted by Crippen LogP contribution is -2.49. The first-order chi connectivity index (χ1) is 16.5. The highest BCUT2D eigenvalue weighted by molar-refractivity contribution is 7.99. The van der Waals surface area contributed by atoms with Crippen LogP contribution in [0.15, 0.2) is 60.1 Å². The summed E-state index contributed by atoms with van der Waals surface area (Å²) in [6.07, 6.45) is 5.66. The van der Waals surface area contributed by atoms with Crippen LogP contribution < -0.4 is 4.74 Å². The van der Waals surface area contributed by atoms with Gasteiger partial charge in [-0.25, -0.2) is 14.6 Å². The van der Waals surface area contributed by atoms with Crippen LogP contribution in [0.3, 0.4) is 0 Å². The molecule has 2 aromatic heterocycles. The van der Waals surface area contributed by atoms with Gasteiger partial charge in [0, 0.05) is 64.1 Å². The molecular weight excluding hydrogens is 454 g/mol. The summed E-state index contributed by atoms with van der Waals surface area (Å²) in [5, 5.41) is 9.97. The molecule has 3 heterocycles. The van der Waals surface area contributed by atoms with Crippen LogP contribution in [0.4, 0.5) is 4.79 Å². The number of aromatic carboxylic acids is 1. The lowest BCUT2D eigenvalue weighted by molar-refractivity contribution is 0.0696. The van der Waals surface area contributed by atoms with Crippen molar-refractivity contribution in [1.29, 1.82) is 0 Å². The summed E-state index contributed by atoms with van der Waals surface area (Å²) in [6.45, 7) is 3.14. The average Bonchev–Trinajstić information content (AvgIpc) is 3.25. The number of carboxylic acid groups (broad SMARTS) is 1. The Balaban J connectivity index is 1.19.